The second kappa shape index (κ2) is 10.1. The number of hydrogen-bond acceptors (Lipinski definition) is 4. The van der Waals surface area contributed by atoms with Crippen LogP contribution in [0.1, 0.15) is 28.1 Å². The summed E-state index contributed by atoms with van der Waals surface area (Å²) in [6.07, 6.45) is 1.73. The van der Waals surface area contributed by atoms with Crippen molar-refractivity contribution in [2.75, 3.05) is 26.2 Å². The minimum Gasteiger partial charge on any atom is -0.343 e. The quantitative estimate of drug-likeness (QED) is 0.421. The predicted octanol–water partition coefficient (Wildman–Crippen LogP) is 3.52. The van der Waals surface area contributed by atoms with E-state index in [0.29, 0.717) is 25.0 Å². The number of hydrogen-bond donors (Lipinski definition) is 0. The van der Waals surface area contributed by atoms with Crippen molar-refractivity contribution in [2.24, 2.45) is 0 Å². The summed E-state index contributed by atoms with van der Waals surface area (Å²) in [6, 6.07) is 18.8. The van der Waals surface area contributed by atoms with E-state index in [1.807, 2.05) is 24.8 Å². The van der Waals surface area contributed by atoms with Crippen LogP contribution in [0.25, 0.3) is 10.8 Å². The van der Waals surface area contributed by atoms with E-state index in [-0.39, 0.29) is 18.0 Å². The van der Waals surface area contributed by atoms with Crippen LogP contribution in [0.5, 0.6) is 0 Å². The zero-order valence-corrected chi connectivity index (χ0v) is 21.3. The monoisotopic (exact) mass is 483 g/mol. The van der Waals surface area contributed by atoms with Crippen molar-refractivity contribution in [3.05, 3.63) is 99.2 Å². The minimum absolute atomic E-state index is 0.0327. The van der Waals surface area contributed by atoms with Crippen molar-refractivity contribution in [3.8, 4) is 0 Å². The summed E-state index contributed by atoms with van der Waals surface area (Å²) < 4.78 is 3.49. The Morgan fingerprint density at radius 3 is 2.19 bits per heavy atom. The second-order valence-electron chi connectivity index (χ2n) is 9.78. The van der Waals surface area contributed by atoms with Crippen LogP contribution in [-0.4, -0.2) is 56.2 Å². The number of fused-ring (bicyclic) bond motifs is 1. The molecule has 0 spiro atoms. The first-order valence-electron chi connectivity index (χ1n) is 12.6. The molecule has 1 aliphatic heterocycles. The maximum absolute atomic E-state index is 13.4. The SMILES string of the molecule is Cc1ccc(Cn2c(C)c3cnn(CC(=O)N4CCN(Cc5ccccc5)CC4)c(=O)c3c2C)cc1. The molecule has 3 heterocycles. The van der Waals surface area contributed by atoms with Crippen molar-refractivity contribution < 1.29 is 4.79 Å². The highest BCUT2D eigenvalue weighted by Gasteiger charge is 2.23. The highest BCUT2D eigenvalue weighted by atomic mass is 16.2. The number of aryl methyl sites for hydroxylation is 3. The van der Waals surface area contributed by atoms with Crippen LogP contribution in [0.3, 0.4) is 0 Å². The Labute approximate surface area is 211 Å². The van der Waals surface area contributed by atoms with E-state index in [4.69, 9.17) is 0 Å². The van der Waals surface area contributed by atoms with Crippen molar-refractivity contribution >= 4 is 16.7 Å². The van der Waals surface area contributed by atoms with Crippen molar-refractivity contribution in [3.63, 3.8) is 0 Å². The van der Waals surface area contributed by atoms with Crippen LogP contribution >= 0.6 is 0 Å². The van der Waals surface area contributed by atoms with Crippen molar-refractivity contribution in [1.82, 2.24) is 24.1 Å². The Kier molecular flexibility index (Phi) is 6.74. The summed E-state index contributed by atoms with van der Waals surface area (Å²) in [5, 5.41) is 5.88. The summed E-state index contributed by atoms with van der Waals surface area (Å²) in [5.74, 6) is -0.0585. The van der Waals surface area contributed by atoms with Crippen LogP contribution in [0.15, 0.2) is 65.6 Å². The molecule has 0 atom stereocenters. The third kappa shape index (κ3) is 4.84. The number of aromatic nitrogens is 3. The number of carbonyl (C=O) groups excluding carboxylic acids is 1. The molecular weight excluding hydrogens is 450 g/mol. The van der Waals surface area contributed by atoms with Gasteiger partial charge in [-0.15, -0.1) is 0 Å². The Morgan fingerprint density at radius 1 is 0.833 bits per heavy atom. The highest BCUT2D eigenvalue weighted by molar-refractivity contribution is 5.87. The molecule has 0 unspecified atom stereocenters. The molecule has 0 aliphatic carbocycles. The largest absolute Gasteiger partial charge is 0.343 e. The fraction of sp³-hybridized carbons (Fsp3) is 0.345. The minimum atomic E-state index is -0.202. The molecule has 36 heavy (non-hydrogen) atoms. The fourth-order valence-corrected chi connectivity index (χ4v) is 5.10. The van der Waals surface area contributed by atoms with Crippen molar-refractivity contribution in [2.45, 2.75) is 40.4 Å². The molecule has 1 saturated heterocycles. The Bertz CT molecular complexity index is 1430. The number of benzene rings is 2. The van der Waals surface area contributed by atoms with Gasteiger partial charge in [-0.3, -0.25) is 14.5 Å². The van der Waals surface area contributed by atoms with Gasteiger partial charge in [0.25, 0.3) is 5.56 Å². The number of nitrogens with zero attached hydrogens (tertiary/aromatic N) is 5. The molecule has 0 radical (unpaired) electrons. The van der Waals surface area contributed by atoms with E-state index >= 15 is 0 Å². The maximum atomic E-state index is 13.4. The van der Waals surface area contributed by atoms with Gasteiger partial charge in [0.2, 0.25) is 5.91 Å². The third-order valence-electron chi connectivity index (χ3n) is 7.33. The van der Waals surface area contributed by atoms with E-state index < -0.39 is 0 Å². The molecule has 1 amide bonds. The molecule has 0 N–H and O–H groups in total. The molecule has 2 aromatic heterocycles. The number of amides is 1. The van der Waals surface area contributed by atoms with Gasteiger partial charge in [-0.1, -0.05) is 60.2 Å². The molecule has 7 heteroatoms. The first-order valence-corrected chi connectivity index (χ1v) is 12.6. The van der Waals surface area contributed by atoms with E-state index in [0.717, 1.165) is 36.4 Å². The van der Waals surface area contributed by atoms with Crippen LogP contribution < -0.4 is 5.56 Å². The lowest BCUT2D eigenvalue weighted by molar-refractivity contribution is -0.133. The van der Waals surface area contributed by atoms with E-state index in [1.54, 1.807) is 6.20 Å². The van der Waals surface area contributed by atoms with E-state index in [1.165, 1.54) is 21.4 Å². The van der Waals surface area contributed by atoms with Gasteiger partial charge in [-0.05, 0) is 31.9 Å². The topological polar surface area (TPSA) is 63.4 Å². The lowest BCUT2D eigenvalue weighted by atomic mass is 10.1. The first-order chi connectivity index (χ1) is 17.4. The summed E-state index contributed by atoms with van der Waals surface area (Å²) in [6.45, 7) is 10.6. The van der Waals surface area contributed by atoms with Gasteiger partial charge in [0.05, 0.1) is 11.6 Å². The summed E-state index contributed by atoms with van der Waals surface area (Å²) in [7, 11) is 0. The van der Waals surface area contributed by atoms with Gasteiger partial charge in [0.15, 0.2) is 0 Å². The standard InChI is InChI=1S/C29H33N5O2/c1-21-9-11-25(12-10-21)19-33-22(2)26-17-30-34(29(36)28(26)23(33)3)20-27(35)32-15-13-31(14-16-32)18-24-7-5-4-6-8-24/h4-12,17H,13-16,18-20H2,1-3H3. The maximum Gasteiger partial charge on any atom is 0.276 e. The lowest BCUT2D eigenvalue weighted by Gasteiger charge is -2.34. The first kappa shape index (κ1) is 24.0. The number of carbonyl (C=O) groups is 1. The van der Waals surface area contributed by atoms with E-state index in [2.05, 4.69) is 70.0 Å². The number of piperazine rings is 1. The summed E-state index contributed by atoms with van der Waals surface area (Å²) in [5.41, 5.74) is 5.40. The Balaban J connectivity index is 1.29. The fourth-order valence-electron chi connectivity index (χ4n) is 5.10. The Hall–Kier alpha value is -3.71. The smallest absolute Gasteiger partial charge is 0.276 e. The molecule has 5 rings (SSSR count). The average molecular weight is 484 g/mol. The van der Waals surface area contributed by atoms with Gasteiger partial charge in [-0.25, -0.2) is 4.68 Å². The zero-order chi connectivity index (χ0) is 25.2. The van der Waals surface area contributed by atoms with Gasteiger partial charge < -0.3 is 9.47 Å². The van der Waals surface area contributed by atoms with Crippen LogP contribution in [0.2, 0.25) is 0 Å². The molecule has 186 valence electrons. The van der Waals surface area contributed by atoms with Crippen LogP contribution in [0.4, 0.5) is 0 Å². The predicted molar refractivity (Wildman–Crippen MR) is 142 cm³/mol. The molecule has 4 aromatic rings. The van der Waals surface area contributed by atoms with Gasteiger partial charge in [-0.2, -0.15) is 5.10 Å². The van der Waals surface area contributed by atoms with Gasteiger partial charge in [0.1, 0.15) is 6.54 Å². The second-order valence-corrected chi connectivity index (χ2v) is 9.78. The number of rotatable bonds is 6. The summed E-state index contributed by atoms with van der Waals surface area (Å²) in [4.78, 5) is 30.6. The van der Waals surface area contributed by atoms with Gasteiger partial charge in [0, 0.05) is 56.0 Å². The molecule has 1 fully saturated rings. The molecule has 7 nitrogen and oxygen atoms in total. The normalized spacial score (nSPS) is 14.5. The zero-order valence-electron chi connectivity index (χ0n) is 21.3. The molecule has 0 saturated carbocycles. The van der Waals surface area contributed by atoms with Crippen LogP contribution in [-0.2, 0) is 24.4 Å². The average Bonchev–Trinajstić information content (AvgIpc) is 3.13. The molecule has 0 bridgehead atoms. The molecule has 2 aromatic carbocycles. The lowest BCUT2D eigenvalue weighted by Crippen LogP contribution is -2.49. The van der Waals surface area contributed by atoms with Gasteiger partial charge >= 0.3 is 0 Å². The molecular formula is C29H33N5O2. The third-order valence-corrected chi connectivity index (χ3v) is 7.33. The van der Waals surface area contributed by atoms with Crippen molar-refractivity contribution in [1.29, 1.82) is 0 Å². The summed E-state index contributed by atoms with van der Waals surface area (Å²) >= 11 is 0. The van der Waals surface area contributed by atoms with Crippen LogP contribution in [0, 0.1) is 20.8 Å². The Morgan fingerprint density at radius 2 is 1.50 bits per heavy atom. The highest BCUT2D eigenvalue weighted by Crippen LogP contribution is 2.23. The molecule has 1 aliphatic rings. The van der Waals surface area contributed by atoms with E-state index in [9.17, 15) is 9.59 Å².